The lowest BCUT2D eigenvalue weighted by Gasteiger charge is -2.28. The van der Waals surface area contributed by atoms with E-state index in [-0.39, 0.29) is 24.0 Å². The van der Waals surface area contributed by atoms with E-state index in [4.69, 9.17) is 11.6 Å². The molecule has 0 atom stereocenters. The van der Waals surface area contributed by atoms with Crippen molar-refractivity contribution in [2.24, 2.45) is 0 Å². The molecule has 0 spiro atoms. The van der Waals surface area contributed by atoms with Gasteiger partial charge >= 0.3 is 5.69 Å². The number of rotatable bonds is 8. The second-order valence-electron chi connectivity index (χ2n) is 9.78. The van der Waals surface area contributed by atoms with E-state index in [1.807, 2.05) is 61.5 Å². The molecule has 0 unspecified atom stereocenters. The minimum Gasteiger partial charge on any atom is -0.352 e. The van der Waals surface area contributed by atoms with E-state index in [1.165, 1.54) is 0 Å². The second-order valence-corrected chi connectivity index (χ2v) is 10.2. The van der Waals surface area contributed by atoms with Gasteiger partial charge in [-0.3, -0.25) is 18.7 Å². The zero-order valence-electron chi connectivity index (χ0n) is 22.4. The minimum absolute atomic E-state index is 0.171. The highest BCUT2D eigenvalue weighted by Crippen LogP contribution is 2.29. The molecule has 3 aromatic carbocycles. The standard InChI is InChI=1S/C31H32ClN5O3/c1-22-8-5-6-11-26(22)37-27(23-9-3-2-4-10-23)28(30(39)35-20-17-33-18-21-35)36(31(37)40)19-7-16-34-29(38)24-12-14-25(32)15-13-24/h2-6,8-15,33H,7,16-21H2,1H3,(H,34,38). The van der Waals surface area contributed by atoms with Gasteiger partial charge in [-0.15, -0.1) is 0 Å². The number of aryl methyl sites for hydroxylation is 1. The highest BCUT2D eigenvalue weighted by atomic mass is 35.5. The molecule has 1 saturated heterocycles. The molecule has 0 saturated carbocycles. The Labute approximate surface area is 238 Å². The van der Waals surface area contributed by atoms with Crippen molar-refractivity contribution in [2.45, 2.75) is 19.9 Å². The van der Waals surface area contributed by atoms with Crippen molar-refractivity contribution in [3.8, 4) is 16.9 Å². The summed E-state index contributed by atoms with van der Waals surface area (Å²) in [5.74, 6) is -0.390. The number of carbonyl (C=O) groups excluding carboxylic acids is 2. The number of carbonyl (C=O) groups is 2. The normalized spacial score (nSPS) is 13.3. The van der Waals surface area contributed by atoms with Gasteiger partial charge in [0.2, 0.25) is 0 Å². The molecule has 1 fully saturated rings. The molecule has 2 heterocycles. The van der Waals surface area contributed by atoms with Crippen LogP contribution in [-0.4, -0.2) is 58.6 Å². The summed E-state index contributed by atoms with van der Waals surface area (Å²) in [4.78, 5) is 42.6. The van der Waals surface area contributed by atoms with Gasteiger partial charge in [0.1, 0.15) is 5.69 Å². The molecule has 1 aliphatic rings. The maximum absolute atomic E-state index is 14.1. The monoisotopic (exact) mass is 557 g/mol. The van der Waals surface area contributed by atoms with E-state index in [1.54, 1.807) is 38.3 Å². The Morgan fingerprint density at radius 3 is 2.30 bits per heavy atom. The van der Waals surface area contributed by atoms with Crippen LogP contribution < -0.4 is 16.3 Å². The lowest BCUT2D eigenvalue weighted by molar-refractivity contribution is 0.0724. The molecule has 1 aliphatic heterocycles. The Balaban J connectivity index is 1.53. The van der Waals surface area contributed by atoms with Crippen molar-refractivity contribution >= 4 is 23.4 Å². The topological polar surface area (TPSA) is 88.4 Å². The van der Waals surface area contributed by atoms with E-state index in [0.29, 0.717) is 61.1 Å². The van der Waals surface area contributed by atoms with Crippen LogP contribution in [0.2, 0.25) is 5.02 Å². The summed E-state index contributed by atoms with van der Waals surface area (Å²) in [5, 5.41) is 6.75. The largest absolute Gasteiger partial charge is 0.352 e. The number of aromatic nitrogens is 2. The molecule has 0 aliphatic carbocycles. The number of piperazine rings is 1. The van der Waals surface area contributed by atoms with Crippen LogP contribution in [0, 0.1) is 6.92 Å². The first-order valence-corrected chi connectivity index (χ1v) is 13.8. The highest BCUT2D eigenvalue weighted by molar-refractivity contribution is 6.30. The van der Waals surface area contributed by atoms with Crippen molar-refractivity contribution in [2.75, 3.05) is 32.7 Å². The van der Waals surface area contributed by atoms with Crippen molar-refractivity contribution in [3.05, 3.63) is 111 Å². The van der Waals surface area contributed by atoms with Gasteiger partial charge in [-0.2, -0.15) is 0 Å². The third-order valence-corrected chi connectivity index (χ3v) is 7.35. The Bertz CT molecular complexity index is 1550. The van der Waals surface area contributed by atoms with Crippen LogP contribution in [-0.2, 0) is 6.54 Å². The Hall–Kier alpha value is -4.14. The molecule has 2 N–H and O–H groups in total. The highest BCUT2D eigenvalue weighted by Gasteiger charge is 2.31. The van der Waals surface area contributed by atoms with Crippen LogP contribution in [0.25, 0.3) is 16.9 Å². The first kappa shape index (κ1) is 27.4. The van der Waals surface area contributed by atoms with Gasteiger partial charge < -0.3 is 15.5 Å². The van der Waals surface area contributed by atoms with Gasteiger partial charge in [-0.25, -0.2) is 4.79 Å². The van der Waals surface area contributed by atoms with Gasteiger partial charge in [0.05, 0.1) is 11.4 Å². The third kappa shape index (κ3) is 5.73. The lowest BCUT2D eigenvalue weighted by atomic mass is 10.1. The predicted molar refractivity (Wildman–Crippen MR) is 157 cm³/mol. The van der Waals surface area contributed by atoms with Gasteiger partial charge in [-0.1, -0.05) is 60.1 Å². The number of hydrogen-bond acceptors (Lipinski definition) is 4. The molecule has 5 rings (SSSR count). The number of imidazole rings is 1. The van der Waals surface area contributed by atoms with Crippen molar-refractivity contribution in [3.63, 3.8) is 0 Å². The lowest BCUT2D eigenvalue weighted by Crippen LogP contribution is -2.47. The predicted octanol–water partition coefficient (Wildman–Crippen LogP) is 4.13. The van der Waals surface area contributed by atoms with E-state index in [2.05, 4.69) is 10.6 Å². The van der Waals surface area contributed by atoms with Crippen LogP contribution in [0.5, 0.6) is 0 Å². The molecule has 40 heavy (non-hydrogen) atoms. The number of para-hydroxylation sites is 1. The first-order chi connectivity index (χ1) is 19.5. The van der Waals surface area contributed by atoms with Gasteiger partial charge in [0, 0.05) is 55.4 Å². The van der Waals surface area contributed by atoms with E-state index >= 15 is 0 Å². The summed E-state index contributed by atoms with van der Waals surface area (Å²) in [6.45, 7) is 5.09. The fourth-order valence-electron chi connectivity index (χ4n) is 5.03. The molecule has 0 radical (unpaired) electrons. The maximum atomic E-state index is 14.1. The van der Waals surface area contributed by atoms with Crippen molar-refractivity contribution in [1.29, 1.82) is 0 Å². The van der Waals surface area contributed by atoms with E-state index < -0.39 is 0 Å². The molecule has 206 valence electrons. The summed E-state index contributed by atoms with van der Waals surface area (Å²) in [6, 6.07) is 23.9. The number of hydrogen-bond donors (Lipinski definition) is 2. The first-order valence-electron chi connectivity index (χ1n) is 13.5. The average Bonchev–Trinajstić information content (AvgIpc) is 3.27. The average molecular weight is 558 g/mol. The fraction of sp³-hybridized carbons (Fsp3) is 0.258. The van der Waals surface area contributed by atoms with Gasteiger partial charge in [-0.05, 0) is 49.2 Å². The molecular formula is C31H32ClN5O3. The van der Waals surface area contributed by atoms with E-state index in [0.717, 1.165) is 16.8 Å². The summed E-state index contributed by atoms with van der Waals surface area (Å²) in [5.41, 5.74) is 3.62. The number of nitrogens with zero attached hydrogens (tertiary/aromatic N) is 3. The third-order valence-electron chi connectivity index (χ3n) is 7.10. The van der Waals surface area contributed by atoms with Crippen molar-refractivity contribution < 1.29 is 9.59 Å². The minimum atomic E-state index is -0.282. The fourth-order valence-corrected chi connectivity index (χ4v) is 5.16. The SMILES string of the molecule is Cc1ccccc1-n1c(-c2ccccc2)c(C(=O)N2CCNCC2)n(CCCNC(=O)c2ccc(Cl)cc2)c1=O. The van der Waals surface area contributed by atoms with Crippen LogP contribution in [0.4, 0.5) is 0 Å². The Morgan fingerprint density at radius 2 is 1.60 bits per heavy atom. The van der Waals surface area contributed by atoms with E-state index in [9.17, 15) is 14.4 Å². The summed E-state index contributed by atoms with van der Waals surface area (Å²) < 4.78 is 3.24. The smallest absolute Gasteiger partial charge is 0.333 e. The number of amides is 2. The van der Waals surface area contributed by atoms with Gasteiger partial charge in [0.15, 0.2) is 0 Å². The second kappa shape index (κ2) is 12.4. The summed E-state index contributed by atoms with van der Waals surface area (Å²) >= 11 is 5.93. The number of halogens is 1. The molecular weight excluding hydrogens is 526 g/mol. The number of benzene rings is 3. The molecule has 8 nitrogen and oxygen atoms in total. The Morgan fingerprint density at radius 1 is 0.925 bits per heavy atom. The Kier molecular flexibility index (Phi) is 8.48. The quantitative estimate of drug-likeness (QED) is 0.319. The van der Waals surface area contributed by atoms with Crippen molar-refractivity contribution in [1.82, 2.24) is 24.7 Å². The molecule has 1 aromatic heterocycles. The zero-order chi connectivity index (χ0) is 28.1. The van der Waals surface area contributed by atoms with Crippen LogP contribution in [0.15, 0.2) is 83.7 Å². The van der Waals surface area contributed by atoms with Crippen LogP contribution >= 0.6 is 11.6 Å². The molecule has 0 bridgehead atoms. The van der Waals surface area contributed by atoms with Crippen LogP contribution in [0.3, 0.4) is 0 Å². The molecule has 2 amide bonds. The maximum Gasteiger partial charge on any atom is 0.333 e. The number of nitrogens with one attached hydrogen (secondary N) is 2. The molecule has 4 aromatic rings. The zero-order valence-corrected chi connectivity index (χ0v) is 23.2. The van der Waals surface area contributed by atoms with Crippen LogP contribution in [0.1, 0.15) is 32.8 Å². The molecule has 9 heteroatoms. The van der Waals surface area contributed by atoms with Gasteiger partial charge in [0.25, 0.3) is 11.8 Å². The summed E-state index contributed by atoms with van der Waals surface area (Å²) in [7, 11) is 0. The summed E-state index contributed by atoms with van der Waals surface area (Å²) in [6.07, 6.45) is 0.465.